The summed E-state index contributed by atoms with van der Waals surface area (Å²) >= 11 is 0. The van der Waals surface area contributed by atoms with Crippen LogP contribution in [0.4, 0.5) is 0 Å². The van der Waals surface area contributed by atoms with Crippen molar-refractivity contribution in [2.45, 2.75) is 0 Å². The lowest BCUT2D eigenvalue weighted by Gasteiger charge is -2.14. The zero-order valence-electron chi connectivity index (χ0n) is 25.8. The SMILES string of the molecule is N#Cc1ccc(-c2nc(-c3ccc(-c4cccnc4)cc3)cc(-c3ccc(-c4ccc5ccc6cccc7ccc4c5c67)cc3)n2)cc1. The van der Waals surface area contributed by atoms with Gasteiger partial charge < -0.3 is 0 Å². The summed E-state index contributed by atoms with van der Waals surface area (Å²) in [5.74, 6) is 0.610. The van der Waals surface area contributed by atoms with Crippen LogP contribution in [0.1, 0.15) is 5.56 Å². The Morgan fingerprint density at radius 2 is 1.04 bits per heavy atom. The molecule has 0 amide bonds. The van der Waals surface area contributed by atoms with Crippen LogP contribution in [0.2, 0.25) is 0 Å². The Labute approximate surface area is 277 Å². The van der Waals surface area contributed by atoms with Gasteiger partial charge in [-0.1, -0.05) is 109 Å². The molecule has 0 saturated heterocycles. The normalized spacial score (nSPS) is 11.3. The Bertz CT molecular complexity index is 2620. The van der Waals surface area contributed by atoms with Crippen LogP contribution in [-0.4, -0.2) is 15.0 Å². The average Bonchev–Trinajstić information content (AvgIpc) is 3.17. The van der Waals surface area contributed by atoms with Crippen LogP contribution in [0.25, 0.3) is 88.5 Å². The van der Waals surface area contributed by atoms with Crippen molar-refractivity contribution in [1.29, 1.82) is 5.26 Å². The summed E-state index contributed by atoms with van der Waals surface area (Å²) in [6, 6.07) is 52.6. The van der Waals surface area contributed by atoms with Crippen LogP contribution < -0.4 is 0 Å². The molecule has 4 heteroatoms. The van der Waals surface area contributed by atoms with Gasteiger partial charge in [-0.25, -0.2) is 9.97 Å². The van der Waals surface area contributed by atoms with Crippen LogP contribution in [0.15, 0.2) is 158 Å². The second-order valence-electron chi connectivity index (χ2n) is 12.0. The third-order valence-electron chi connectivity index (χ3n) is 9.19. The summed E-state index contributed by atoms with van der Waals surface area (Å²) < 4.78 is 0. The molecule has 4 nitrogen and oxygen atoms in total. The minimum atomic E-state index is 0.600. The summed E-state index contributed by atoms with van der Waals surface area (Å²) in [4.78, 5) is 14.3. The van der Waals surface area contributed by atoms with Crippen molar-refractivity contribution in [3.05, 3.63) is 164 Å². The molecule has 0 fully saturated rings. The largest absolute Gasteiger partial charge is 0.264 e. The van der Waals surface area contributed by atoms with E-state index in [1.807, 2.05) is 24.4 Å². The molecule has 222 valence electrons. The molecule has 0 atom stereocenters. The molecule has 0 radical (unpaired) electrons. The molecule has 0 aliphatic carbocycles. The van der Waals surface area contributed by atoms with E-state index in [0.29, 0.717) is 11.4 Å². The molecule has 48 heavy (non-hydrogen) atoms. The lowest BCUT2D eigenvalue weighted by atomic mass is 9.89. The maximum Gasteiger partial charge on any atom is 0.160 e. The predicted octanol–water partition coefficient (Wildman–Crippen LogP) is 11.0. The van der Waals surface area contributed by atoms with Gasteiger partial charge in [-0.3, -0.25) is 4.98 Å². The first kappa shape index (κ1) is 27.6. The first-order valence-electron chi connectivity index (χ1n) is 15.9. The smallest absolute Gasteiger partial charge is 0.160 e. The monoisotopic (exact) mass is 610 g/mol. The van der Waals surface area contributed by atoms with E-state index in [1.54, 1.807) is 18.3 Å². The minimum absolute atomic E-state index is 0.600. The molecule has 0 bridgehead atoms. The molecular weight excluding hydrogens is 585 g/mol. The number of hydrogen-bond acceptors (Lipinski definition) is 4. The number of hydrogen-bond donors (Lipinski definition) is 0. The van der Waals surface area contributed by atoms with Gasteiger partial charge in [-0.15, -0.1) is 0 Å². The molecule has 0 unspecified atom stereocenters. The second-order valence-corrected chi connectivity index (χ2v) is 12.0. The molecule has 2 heterocycles. The summed E-state index contributed by atoms with van der Waals surface area (Å²) in [5.41, 5.74) is 9.63. The quantitative estimate of drug-likeness (QED) is 0.182. The van der Waals surface area contributed by atoms with E-state index in [-0.39, 0.29) is 0 Å². The third-order valence-corrected chi connectivity index (χ3v) is 9.19. The van der Waals surface area contributed by atoms with Gasteiger partial charge in [-0.05, 0) is 91.0 Å². The van der Waals surface area contributed by atoms with Gasteiger partial charge in [0.1, 0.15) is 0 Å². The fraction of sp³-hybridized carbons (Fsp3) is 0. The maximum absolute atomic E-state index is 9.34. The number of nitriles is 1. The van der Waals surface area contributed by atoms with Crippen molar-refractivity contribution in [3.8, 4) is 62.2 Å². The Kier molecular flexibility index (Phi) is 6.48. The van der Waals surface area contributed by atoms with Crippen molar-refractivity contribution in [3.63, 3.8) is 0 Å². The molecule has 0 spiro atoms. The fourth-order valence-electron chi connectivity index (χ4n) is 6.74. The standard InChI is InChI=1S/C44H26N4/c45-26-28-6-8-36(9-7-28)44-47-40(31-14-10-29(11-15-31)37-5-2-24-46-27-37)25-41(48-44)32-16-12-30(13-17-32)38-22-20-35-19-18-33-3-1-4-34-21-23-39(38)43(35)42(33)34/h1-25,27H. The van der Waals surface area contributed by atoms with E-state index in [1.165, 1.54) is 37.9 Å². The molecule has 0 aliphatic heterocycles. The Hall–Kier alpha value is -6.70. The van der Waals surface area contributed by atoms with Crippen molar-refractivity contribution in [1.82, 2.24) is 15.0 Å². The summed E-state index contributed by atoms with van der Waals surface area (Å²) in [5, 5.41) is 17.0. The summed E-state index contributed by atoms with van der Waals surface area (Å²) in [6.07, 6.45) is 3.65. The molecule has 9 rings (SSSR count). The highest BCUT2D eigenvalue weighted by molar-refractivity contribution is 6.25. The Morgan fingerprint density at radius 1 is 0.458 bits per heavy atom. The molecule has 0 saturated carbocycles. The first-order valence-corrected chi connectivity index (χ1v) is 15.9. The van der Waals surface area contributed by atoms with Gasteiger partial charge in [-0.2, -0.15) is 5.26 Å². The van der Waals surface area contributed by atoms with E-state index in [2.05, 4.69) is 126 Å². The maximum atomic E-state index is 9.34. The van der Waals surface area contributed by atoms with Crippen LogP contribution in [0.5, 0.6) is 0 Å². The van der Waals surface area contributed by atoms with E-state index < -0.39 is 0 Å². The number of aromatic nitrogens is 3. The van der Waals surface area contributed by atoms with E-state index in [9.17, 15) is 5.26 Å². The first-order chi connectivity index (χ1) is 23.7. The van der Waals surface area contributed by atoms with Crippen LogP contribution in [-0.2, 0) is 0 Å². The van der Waals surface area contributed by atoms with Gasteiger partial charge in [0.05, 0.1) is 23.0 Å². The van der Waals surface area contributed by atoms with E-state index in [0.717, 1.165) is 44.8 Å². The van der Waals surface area contributed by atoms with Crippen LogP contribution in [0.3, 0.4) is 0 Å². The molecule has 2 aromatic heterocycles. The number of pyridine rings is 1. The molecule has 0 N–H and O–H groups in total. The lowest BCUT2D eigenvalue weighted by Crippen LogP contribution is -1.96. The van der Waals surface area contributed by atoms with Gasteiger partial charge in [0.15, 0.2) is 5.82 Å². The molecule has 7 aromatic carbocycles. The Morgan fingerprint density at radius 3 is 1.69 bits per heavy atom. The summed E-state index contributed by atoms with van der Waals surface area (Å²) in [7, 11) is 0. The number of nitrogens with zero attached hydrogens (tertiary/aromatic N) is 4. The topological polar surface area (TPSA) is 62.5 Å². The lowest BCUT2D eigenvalue weighted by molar-refractivity contribution is 1.18. The van der Waals surface area contributed by atoms with Crippen molar-refractivity contribution in [2.75, 3.05) is 0 Å². The third kappa shape index (κ3) is 4.74. The van der Waals surface area contributed by atoms with Gasteiger partial charge in [0.25, 0.3) is 0 Å². The zero-order valence-corrected chi connectivity index (χ0v) is 25.8. The highest BCUT2D eigenvalue weighted by Gasteiger charge is 2.14. The van der Waals surface area contributed by atoms with Gasteiger partial charge in [0, 0.05) is 29.1 Å². The molecular formula is C44H26N4. The number of rotatable bonds is 5. The van der Waals surface area contributed by atoms with Crippen molar-refractivity contribution < 1.29 is 0 Å². The average molecular weight is 611 g/mol. The van der Waals surface area contributed by atoms with Crippen molar-refractivity contribution >= 4 is 32.3 Å². The van der Waals surface area contributed by atoms with Gasteiger partial charge in [0.2, 0.25) is 0 Å². The van der Waals surface area contributed by atoms with Crippen molar-refractivity contribution in [2.24, 2.45) is 0 Å². The highest BCUT2D eigenvalue weighted by Crippen LogP contribution is 2.40. The minimum Gasteiger partial charge on any atom is -0.264 e. The Balaban J connectivity index is 1.13. The fourth-order valence-corrected chi connectivity index (χ4v) is 6.74. The molecule has 9 aromatic rings. The predicted molar refractivity (Wildman–Crippen MR) is 195 cm³/mol. The molecule has 0 aliphatic rings. The van der Waals surface area contributed by atoms with E-state index in [4.69, 9.17) is 9.97 Å². The van der Waals surface area contributed by atoms with Gasteiger partial charge >= 0.3 is 0 Å². The van der Waals surface area contributed by atoms with Crippen LogP contribution in [0, 0.1) is 11.3 Å². The van der Waals surface area contributed by atoms with Crippen LogP contribution >= 0.6 is 0 Å². The second kappa shape index (κ2) is 11.3. The summed E-state index contributed by atoms with van der Waals surface area (Å²) in [6.45, 7) is 0. The zero-order chi connectivity index (χ0) is 32.0. The highest BCUT2D eigenvalue weighted by atomic mass is 14.9. The number of benzene rings is 7. The van der Waals surface area contributed by atoms with E-state index >= 15 is 0 Å².